The van der Waals surface area contributed by atoms with Crippen molar-refractivity contribution in [2.24, 2.45) is 0 Å². The molecule has 27 heavy (non-hydrogen) atoms. The number of aryl methyl sites for hydroxylation is 1. The lowest BCUT2D eigenvalue weighted by atomic mass is 9.98. The smallest absolute Gasteiger partial charge is 0.289 e. The minimum atomic E-state index is -0.0920. The summed E-state index contributed by atoms with van der Waals surface area (Å²) in [6, 6.07) is 9.49. The van der Waals surface area contributed by atoms with E-state index in [0.29, 0.717) is 44.4 Å². The van der Waals surface area contributed by atoms with Gasteiger partial charge in [-0.3, -0.25) is 14.5 Å². The molecule has 3 rings (SSSR count). The van der Waals surface area contributed by atoms with Gasteiger partial charge in [-0.05, 0) is 36.1 Å². The van der Waals surface area contributed by atoms with E-state index < -0.39 is 0 Å². The molecule has 2 amide bonds. The van der Waals surface area contributed by atoms with Crippen molar-refractivity contribution in [3.8, 4) is 0 Å². The van der Waals surface area contributed by atoms with Crippen LogP contribution in [0.4, 0.5) is 5.69 Å². The second-order valence-corrected chi connectivity index (χ2v) is 7.29. The van der Waals surface area contributed by atoms with Crippen LogP contribution in [0.15, 0.2) is 41.0 Å². The van der Waals surface area contributed by atoms with Gasteiger partial charge in [0.05, 0.1) is 12.8 Å². The molecule has 1 saturated heterocycles. The summed E-state index contributed by atoms with van der Waals surface area (Å²) in [7, 11) is 0. The van der Waals surface area contributed by atoms with Crippen molar-refractivity contribution in [2.75, 3.05) is 38.0 Å². The average Bonchev–Trinajstić information content (AvgIpc) is 3.18. The Labute approximate surface area is 160 Å². The van der Waals surface area contributed by atoms with Crippen LogP contribution in [0.25, 0.3) is 0 Å². The molecule has 1 aliphatic rings. The van der Waals surface area contributed by atoms with E-state index in [1.165, 1.54) is 6.26 Å². The minimum Gasteiger partial charge on any atom is -0.459 e. The number of rotatable bonds is 5. The second kappa shape index (κ2) is 8.39. The zero-order valence-electron chi connectivity index (χ0n) is 16.2. The molecule has 0 atom stereocenters. The Hall–Kier alpha value is -2.60. The van der Waals surface area contributed by atoms with Crippen LogP contribution in [0.5, 0.6) is 0 Å². The quantitative estimate of drug-likeness (QED) is 0.879. The fourth-order valence-corrected chi connectivity index (χ4v) is 3.39. The average molecular weight is 369 g/mol. The SMILES string of the molecule is Cc1cccc(C(C)C)c1NC(=O)CN1CCN(C(=O)c2ccco2)CC1. The second-order valence-electron chi connectivity index (χ2n) is 7.29. The molecule has 0 aliphatic carbocycles. The molecule has 2 aromatic rings. The number of nitrogens with zero attached hydrogens (tertiary/aromatic N) is 2. The Bertz CT molecular complexity index is 791. The Morgan fingerprint density at radius 1 is 1.11 bits per heavy atom. The molecule has 1 N–H and O–H groups in total. The molecule has 0 bridgehead atoms. The Balaban J connectivity index is 1.54. The number of furan rings is 1. The molecule has 6 nitrogen and oxygen atoms in total. The van der Waals surface area contributed by atoms with Crippen LogP contribution in [-0.4, -0.2) is 54.3 Å². The zero-order valence-corrected chi connectivity index (χ0v) is 16.2. The first-order chi connectivity index (χ1) is 13.0. The van der Waals surface area contributed by atoms with Gasteiger partial charge in [0.25, 0.3) is 5.91 Å². The number of carbonyl (C=O) groups excluding carboxylic acids is 2. The third kappa shape index (κ3) is 4.57. The Kier molecular flexibility index (Phi) is 5.96. The highest BCUT2D eigenvalue weighted by Gasteiger charge is 2.25. The molecule has 0 unspecified atom stereocenters. The number of anilines is 1. The number of hydrogen-bond donors (Lipinski definition) is 1. The number of amides is 2. The Morgan fingerprint density at radius 3 is 2.48 bits per heavy atom. The van der Waals surface area contributed by atoms with E-state index >= 15 is 0 Å². The van der Waals surface area contributed by atoms with Crippen LogP contribution in [0.2, 0.25) is 0 Å². The summed E-state index contributed by atoms with van der Waals surface area (Å²) < 4.78 is 5.18. The van der Waals surface area contributed by atoms with E-state index in [1.54, 1.807) is 17.0 Å². The summed E-state index contributed by atoms with van der Waals surface area (Å²) in [5, 5.41) is 3.09. The van der Waals surface area contributed by atoms with Gasteiger partial charge in [0.15, 0.2) is 5.76 Å². The van der Waals surface area contributed by atoms with Crippen LogP contribution in [0, 0.1) is 6.92 Å². The number of hydrogen-bond acceptors (Lipinski definition) is 4. The first-order valence-electron chi connectivity index (χ1n) is 9.40. The highest BCUT2D eigenvalue weighted by atomic mass is 16.3. The number of nitrogens with one attached hydrogen (secondary N) is 1. The van der Waals surface area contributed by atoms with E-state index in [9.17, 15) is 9.59 Å². The van der Waals surface area contributed by atoms with Crippen LogP contribution in [0.3, 0.4) is 0 Å². The van der Waals surface area contributed by atoms with Crippen molar-refractivity contribution in [1.29, 1.82) is 0 Å². The predicted octanol–water partition coefficient (Wildman–Crippen LogP) is 3.11. The standard InChI is InChI=1S/C21H27N3O3/c1-15(2)17-7-4-6-16(3)20(17)22-19(25)14-23-9-11-24(12-10-23)21(26)18-8-5-13-27-18/h4-8,13,15H,9-12,14H2,1-3H3,(H,22,25). The molecule has 0 radical (unpaired) electrons. The highest BCUT2D eigenvalue weighted by molar-refractivity contribution is 5.94. The van der Waals surface area contributed by atoms with E-state index in [-0.39, 0.29) is 11.8 Å². The van der Waals surface area contributed by atoms with Gasteiger partial charge in [0, 0.05) is 31.9 Å². The summed E-state index contributed by atoms with van der Waals surface area (Å²) in [6.07, 6.45) is 1.50. The normalized spacial score (nSPS) is 15.2. The molecule has 1 aliphatic heterocycles. The fraction of sp³-hybridized carbons (Fsp3) is 0.429. The number of carbonyl (C=O) groups is 2. The molecule has 144 valence electrons. The largest absolute Gasteiger partial charge is 0.459 e. The van der Waals surface area contributed by atoms with E-state index in [0.717, 1.165) is 16.8 Å². The van der Waals surface area contributed by atoms with Crippen LogP contribution in [0.1, 0.15) is 41.4 Å². The number of para-hydroxylation sites is 1. The monoisotopic (exact) mass is 369 g/mol. The molecule has 0 saturated carbocycles. The minimum absolute atomic E-state index is 0.0167. The zero-order chi connectivity index (χ0) is 19.4. The molecular formula is C21H27N3O3. The first kappa shape index (κ1) is 19.2. The number of benzene rings is 1. The fourth-order valence-electron chi connectivity index (χ4n) is 3.39. The van der Waals surface area contributed by atoms with Gasteiger partial charge in [-0.2, -0.15) is 0 Å². The van der Waals surface area contributed by atoms with Crippen molar-refractivity contribution in [2.45, 2.75) is 26.7 Å². The molecule has 6 heteroatoms. The summed E-state index contributed by atoms with van der Waals surface area (Å²) in [5.41, 5.74) is 3.14. The van der Waals surface area contributed by atoms with Gasteiger partial charge < -0.3 is 14.6 Å². The van der Waals surface area contributed by atoms with Gasteiger partial charge in [0.2, 0.25) is 5.91 Å². The molecule has 0 spiro atoms. The van der Waals surface area contributed by atoms with Gasteiger partial charge in [0.1, 0.15) is 0 Å². The van der Waals surface area contributed by atoms with Crippen LogP contribution >= 0.6 is 0 Å². The van der Waals surface area contributed by atoms with Crippen molar-refractivity contribution < 1.29 is 14.0 Å². The molecule has 1 aromatic heterocycles. The topological polar surface area (TPSA) is 65.8 Å². The summed E-state index contributed by atoms with van der Waals surface area (Å²) in [4.78, 5) is 28.7. The molecule has 1 fully saturated rings. The summed E-state index contributed by atoms with van der Waals surface area (Å²) in [6.45, 7) is 9.12. The van der Waals surface area contributed by atoms with Crippen molar-refractivity contribution in [1.82, 2.24) is 9.80 Å². The van der Waals surface area contributed by atoms with Crippen molar-refractivity contribution in [3.05, 3.63) is 53.5 Å². The lowest BCUT2D eigenvalue weighted by Gasteiger charge is -2.34. The lowest BCUT2D eigenvalue weighted by molar-refractivity contribution is -0.117. The van der Waals surface area contributed by atoms with Crippen molar-refractivity contribution >= 4 is 17.5 Å². The van der Waals surface area contributed by atoms with E-state index in [2.05, 4.69) is 30.1 Å². The molecular weight excluding hydrogens is 342 g/mol. The third-order valence-corrected chi connectivity index (χ3v) is 4.95. The van der Waals surface area contributed by atoms with E-state index in [4.69, 9.17) is 4.42 Å². The molecule has 2 heterocycles. The van der Waals surface area contributed by atoms with Gasteiger partial charge in [-0.15, -0.1) is 0 Å². The summed E-state index contributed by atoms with van der Waals surface area (Å²) in [5.74, 6) is 0.598. The van der Waals surface area contributed by atoms with Gasteiger partial charge >= 0.3 is 0 Å². The maximum Gasteiger partial charge on any atom is 0.289 e. The maximum atomic E-state index is 12.6. The highest BCUT2D eigenvalue weighted by Crippen LogP contribution is 2.27. The lowest BCUT2D eigenvalue weighted by Crippen LogP contribution is -2.50. The van der Waals surface area contributed by atoms with Gasteiger partial charge in [-0.1, -0.05) is 32.0 Å². The Morgan fingerprint density at radius 2 is 1.85 bits per heavy atom. The maximum absolute atomic E-state index is 12.6. The summed E-state index contributed by atoms with van der Waals surface area (Å²) >= 11 is 0. The van der Waals surface area contributed by atoms with Crippen molar-refractivity contribution in [3.63, 3.8) is 0 Å². The van der Waals surface area contributed by atoms with Crippen LogP contribution < -0.4 is 5.32 Å². The third-order valence-electron chi connectivity index (χ3n) is 4.95. The number of piperazine rings is 1. The van der Waals surface area contributed by atoms with Crippen LogP contribution in [-0.2, 0) is 4.79 Å². The first-order valence-corrected chi connectivity index (χ1v) is 9.40. The van der Waals surface area contributed by atoms with E-state index in [1.807, 2.05) is 19.1 Å². The predicted molar refractivity (Wildman–Crippen MR) is 105 cm³/mol. The van der Waals surface area contributed by atoms with Gasteiger partial charge in [-0.25, -0.2) is 0 Å². The molecule has 1 aromatic carbocycles.